The Morgan fingerprint density at radius 3 is 2.48 bits per heavy atom. The van der Waals surface area contributed by atoms with Gasteiger partial charge in [-0.1, -0.05) is 13.8 Å². The SMILES string of the molecule is CC(C)C(=O)NCCNC(=O)CCNS(=O)(=O)c1cccnc1. The van der Waals surface area contributed by atoms with E-state index in [-0.39, 0.29) is 35.6 Å². The molecule has 0 aliphatic carbocycles. The topological polar surface area (TPSA) is 117 Å². The van der Waals surface area contributed by atoms with Gasteiger partial charge in [0.05, 0.1) is 0 Å². The van der Waals surface area contributed by atoms with Crippen LogP contribution in [0.1, 0.15) is 20.3 Å². The molecule has 0 aromatic carbocycles. The van der Waals surface area contributed by atoms with Gasteiger partial charge in [-0.05, 0) is 12.1 Å². The summed E-state index contributed by atoms with van der Waals surface area (Å²) in [6.07, 6.45) is 2.72. The molecule has 0 unspecified atom stereocenters. The lowest BCUT2D eigenvalue weighted by Gasteiger charge is -2.09. The van der Waals surface area contributed by atoms with Gasteiger partial charge in [0.2, 0.25) is 21.8 Å². The highest BCUT2D eigenvalue weighted by Crippen LogP contribution is 2.04. The zero-order valence-corrected chi connectivity index (χ0v) is 14.0. The van der Waals surface area contributed by atoms with Crippen LogP contribution in [0.15, 0.2) is 29.4 Å². The Labute approximate surface area is 136 Å². The number of sulfonamides is 1. The minimum absolute atomic E-state index is 0.0115. The molecule has 1 heterocycles. The van der Waals surface area contributed by atoms with E-state index in [9.17, 15) is 18.0 Å². The second kappa shape index (κ2) is 9.21. The Hall–Kier alpha value is -2.00. The molecule has 0 fully saturated rings. The van der Waals surface area contributed by atoms with Crippen molar-refractivity contribution in [2.45, 2.75) is 25.2 Å². The standard InChI is InChI=1S/C14H22N4O4S/c1-11(2)14(20)17-9-8-16-13(19)5-7-18-23(21,22)12-4-3-6-15-10-12/h3-4,6,10-11,18H,5,7-9H2,1-2H3,(H,16,19)(H,17,20). The Morgan fingerprint density at radius 2 is 1.87 bits per heavy atom. The fourth-order valence-corrected chi connectivity index (χ4v) is 2.56. The van der Waals surface area contributed by atoms with Crippen molar-refractivity contribution in [3.8, 4) is 0 Å². The largest absolute Gasteiger partial charge is 0.354 e. The molecule has 23 heavy (non-hydrogen) atoms. The van der Waals surface area contributed by atoms with E-state index < -0.39 is 10.0 Å². The smallest absolute Gasteiger partial charge is 0.242 e. The number of hydrogen-bond acceptors (Lipinski definition) is 5. The third-order valence-electron chi connectivity index (χ3n) is 2.86. The van der Waals surface area contributed by atoms with Crippen molar-refractivity contribution < 1.29 is 18.0 Å². The predicted octanol–water partition coefficient (Wildman–Crippen LogP) is -0.362. The van der Waals surface area contributed by atoms with Crippen molar-refractivity contribution in [1.82, 2.24) is 20.3 Å². The van der Waals surface area contributed by atoms with Crippen LogP contribution in [0.5, 0.6) is 0 Å². The lowest BCUT2D eigenvalue weighted by molar-refractivity contribution is -0.124. The number of nitrogens with one attached hydrogen (secondary N) is 3. The second-order valence-electron chi connectivity index (χ2n) is 5.13. The fraction of sp³-hybridized carbons (Fsp3) is 0.500. The summed E-state index contributed by atoms with van der Waals surface area (Å²) >= 11 is 0. The van der Waals surface area contributed by atoms with Gasteiger partial charge in [-0.3, -0.25) is 14.6 Å². The number of pyridine rings is 1. The first-order valence-electron chi connectivity index (χ1n) is 7.27. The molecule has 0 saturated carbocycles. The number of carbonyl (C=O) groups is 2. The van der Waals surface area contributed by atoms with Gasteiger partial charge in [0.25, 0.3) is 0 Å². The number of aromatic nitrogens is 1. The Bertz CT molecular complexity index is 617. The van der Waals surface area contributed by atoms with Crippen LogP contribution < -0.4 is 15.4 Å². The van der Waals surface area contributed by atoms with Crippen LogP contribution in [0.2, 0.25) is 0 Å². The van der Waals surface area contributed by atoms with Crippen LogP contribution in [0.4, 0.5) is 0 Å². The lowest BCUT2D eigenvalue weighted by atomic mass is 10.2. The molecule has 0 aliphatic rings. The molecule has 0 aliphatic heterocycles. The first-order valence-corrected chi connectivity index (χ1v) is 8.75. The Morgan fingerprint density at radius 1 is 1.17 bits per heavy atom. The van der Waals surface area contributed by atoms with Crippen molar-refractivity contribution in [3.05, 3.63) is 24.5 Å². The maximum absolute atomic E-state index is 11.9. The molecule has 9 heteroatoms. The van der Waals surface area contributed by atoms with Crippen molar-refractivity contribution in [2.24, 2.45) is 5.92 Å². The van der Waals surface area contributed by atoms with Crippen molar-refractivity contribution in [1.29, 1.82) is 0 Å². The average Bonchev–Trinajstić information content (AvgIpc) is 2.52. The van der Waals surface area contributed by atoms with E-state index in [0.717, 1.165) is 0 Å². The molecule has 0 spiro atoms. The highest BCUT2D eigenvalue weighted by molar-refractivity contribution is 7.89. The van der Waals surface area contributed by atoms with Gasteiger partial charge in [0, 0.05) is 44.4 Å². The van der Waals surface area contributed by atoms with Crippen molar-refractivity contribution in [3.63, 3.8) is 0 Å². The van der Waals surface area contributed by atoms with Gasteiger partial charge in [0.15, 0.2) is 0 Å². The molecule has 0 bridgehead atoms. The van der Waals surface area contributed by atoms with Gasteiger partial charge in [-0.15, -0.1) is 0 Å². The van der Waals surface area contributed by atoms with Gasteiger partial charge in [0.1, 0.15) is 4.90 Å². The normalized spacial score (nSPS) is 11.3. The maximum atomic E-state index is 11.9. The van der Waals surface area contributed by atoms with Gasteiger partial charge < -0.3 is 10.6 Å². The number of rotatable bonds is 9. The highest BCUT2D eigenvalue weighted by Gasteiger charge is 2.13. The summed E-state index contributed by atoms with van der Waals surface area (Å²) in [6, 6.07) is 2.94. The maximum Gasteiger partial charge on any atom is 0.242 e. The van der Waals surface area contributed by atoms with E-state index in [1.807, 2.05) is 0 Å². The Kier molecular flexibility index (Phi) is 7.63. The zero-order valence-electron chi connectivity index (χ0n) is 13.2. The quantitative estimate of drug-likeness (QED) is 0.530. The predicted molar refractivity (Wildman–Crippen MR) is 84.9 cm³/mol. The average molecular weight is 342 g/mol. The molecule has 1 rings (SSSR count). The first kappa shape index (κ1) is 19.0. The van der Waals surface area contributed by atoms with E-state index in [1.165, 1.54) is 24.5 Å². The number of nitrogens with zero attached hydrogens (tertiary/aromatic N) is 1. The number of amides is 2. The highest BCUT2D eigenvalue weighted by atomic mass is 32.2. The van der Waals surface area contributed by atoms with Crippen LogP contribution >= 0.6 is 0 Å². The summed E-state index contributed by atoms with van der Waals surface area (Å²) in [4.78, 5) is 26.7. The second-order valence-corrected chi connectivity index (χ2v) is 6.90. The molecule has 2 amide bonds. The summed E-state index contributed by atoms with van der Waals surface area (Å²) in [6.45, 7) is 4.18. The van der Waals surface area contributed by atoms with Crippen molar-refractivity contribution >= 4 is 21.8 Å². The molecule has 0 saturated heterocycles. The van der Waals surface area contributed by atoms with Crippen LogP contribution in [-0.2, 0) is 19.6 Å². The molecule has 0 atom stereocenters. The van der Waals surface area contributed by atoms with Crippen LogP contribution in [0, 0.1) is 5.92 Å². The Balaban J connectivity index is 2.23. The number of hydrogen-bond donors (Lipinski definition) is 3. The summed E-state index contributed by atoms with van der Waals surface area (Å²) in [5.41, 5.74) is 0. The first-order chi connectivity index (χ1) is 10.8. The van der Waals surface area contributed by atoms with Gasteiger partial charge >= 0.3 is 0 Å². The molecule has 8 nitrogen and oxygen atoms in total. The molecule has 128 valence electrons. The number of carbonyl (C=O) groups excluding carboxylic acids is 2. The van der Waals surface area contributed by atoms with Crippen LogP contribution in [-0.4, -0.2) is 44.9 Å². The lowest BCUT2D eigenvalue weighted by Crippen LogP contribution is -2.37. The van der Waals surface area contributed by atoms with E-state index in [1.54, 1.807) is 13.8 Å². The van der Waals surface area contributed by atoms with E-state index >= 15 is 0 Å². The fourth-order valence-electron chi connectivity index (χ4n) is 1.57. The monoisotopic (exact) mass is 342 g/mol. The van der Waals surface area contributed by atoms with E-state index in [4.69, 9.17) is 0 Å². The summed E-state index contributed by atoms with van der Waals surface area (Å²) in [5.74, 6) is -0.478. The molecular formula is C14H22N4O4S. The molecule has 0 radical (unpaired) electrons. The molecule has 1 aromatic heterocycles. The zero-order chi connectivity index (χ0) is 17.3. The summed E-state index contributed by atoms with van der Waals surface area (Å²) in [7, 11) is -3.65. The third kappa shape index (κ3) is 7.20. The molecule has 3 N–H and O–H groups in total. The summed E-state index contributed by atoms with van der Waals surface area (Å²) in [5, 5.41) is 5.27. The van der Waals surface area contributed by atoms with Crippen molar-refractivity contribution in [2.75, 3.05) is 19.6 Å². The summed E-state index contributed by atoms with van der Waals surface area (Å²) < 4.78 is 26.1. The molecular weight excluding hydrogens is 320 g/mol. The van der Waals surface area contributed by atoms with Gasteiger partial charge in [-0.2, -0.15) is 0 Å². The minimum atomic E-state index is -3.65. The minimum Gasteiger partial charge on any atom is -0.354 e. The van der Waals surface area contributed by atoms with E-state index in [0.29, 0.717) is 13.1 Å². The van der Waals surface area contributed by atoms with Crippen LogP contribution in [0.3, 0.4) is 0 Å². The van der Waals surface area contributed by atoms with E-state index in [2.05, 4.69) is 20.3 Å². The van der Waals surface area contributed by atoms with Crippen LogP contribution in [0.25, 0.3) is 0 Å². The van der Waals surface area contributed by atoms with Gasteiger partial charge in [-0.25, -0.2) is 13.1 Å². The molecule has 1 aromatic rings. The third-order valence-corrected chi connectivity index (χ3v) is 4.31.